The minimum atomic E-state index is -0.711. The zero-order chi connectivity index (χ0) is 12.2. The summed E-state index contributed by atoms with van der Waals surface area (Å²) >= 11 is 0. The van der Waals surface area contributed by atoms with E-state index in [0.29, 0.717) is 0 Å². The van der Waals surface area contributed by atoms with Crippen LogP contribution < -0.4 is 0 Å². The average molecular weight is 228 g/mol. The summed E-state index contributed by atoms with van der Waals surface area (Å²) in [6.07, 6.45) is 10.8. The van der Waals surface area contributed by atoms with Gasteiger partial charge in [-0.3, -0.25) is 4.79 Å². The predicted octanol–water partition coefficient (Wildman–Crippen LogP) is 3.13. The molecular formula is C13H24O3. The van der Waals surface area contributed by atoms with Gasteiger partial charge in [-0.1, -0.05) is 19.1 Å². The maximum atomic E-state index is 10.2. The van der Waals surface area contributed by atoms with Crippen LogP contribution in [0, 0.1) is 0 Å². The van der Waals surface area contributed by atoms with Crippen LogP contribution in [0.5, 0.6) is 0 Å². The average Bonchev–Trinajstić information content (AvgIpc) is 2.26. The molecule has 1 atom stereocenters. The normalized spacial score (nSPS) is 13.1. The number of aliphatic hydroxyl groups excluding tert-OH is 1. The van der Waals surface area contributed by atoms with E-state index >= 15 is 0 Å². The molecule has 0 rings (SSSR count). The maximum absolute atomic E-state index is 10.2. The summed E-state index contributed by atoms with van der Waals surface area (Å²) < 4.78 is 0. The van der Waals surface area contributed by atoms with E-state index in [1.807, 2.05) is 6.92 Å². The Labute approximate surface area is 98.2 Å². The van der Waals surface area contributed by atoms with Crippen LogP contribution in [0.3, 0.4) is 0 Å². The molecule has 0 fully saturated rings. The number of aliphatic hydroxyl groups is 1. The summed E-state index contributed by atoms with van der Waals surface area (Å²) in [7, 11) is 0. The third kappa shape index (κ3) is 11.2. The number of aliphatic carboxylic acids is 1. The van der Waals surface area contributed by atoms with Crippen molar-refractivity contribution in [3.8, 4) is 0 Å². The van der Waals surface area contributed by atoms with Crippen LogP contribution in [-0.2, 0) is 4.79 Å². The molecule has 0 aromatic rings. The largest absolute Gasteiger partial charge is 0.481 e. The van der Waals surface area contributed by atoms with Gasteiger partial charge in [-0.2, -0.15) is 0 Å². The Morgan fingerprint density at radius 1 is 1.19 bits per heavy atom. The number of rotatable bonds is 10. The Morgan fingerprint density at radius 2 is 1.81 bits per heavy atom. The highest BCUT2D eigenvalue weighted by Gasteiger charge is 1.98. The lowest BCUT2D eigenvalue weighted by Gasteiger charge is -2.04. The van der Waals surface area contributed by atoms with E-state index in [1.54, 1.807) is 0 Å². The monoisotopic (exact) mass is 228 g/mol. The first-order valence-electron chi connectivity index (χ1n) is 6.21. The second-order valence-electron chi connectivity index (χ2n) is 4.10. The molecule has 0 aliphatic heterocycles. The minimum absolute atomic E-state index is 0.149. The van der Waals surface area contributed by atoms with Crippen molar-refractivity contribution in [2.45, 2.75) is 64.4 Å². The molecule has 0 saturated carbocycles. The Kier molecular flexibility index (Phi) is 10.1. The van der Waals surface area contributed by atoms with Crippen molar-refractivity contribution in [1.29, 1.82) is 0 Å². The lowest BCUT2D eigenvalue weighted by molar-refractivity contribution is -0.137. The lowest BCUT2D eigenvalue weighted by atomic mass is 10.1. The molecular weight excluding hydrogens is 204 g/mol. The van der Waals surface area contributed by atoms with Crippen molar-refractivity contribution < 1.29 is 15.0 Å². The van der Waals surface area contributed by atoms with Gasteiger partial charge in [0.15, 0.2) is 0 Å². The molecule has 16 heavy (non-hydrogen) atoms. The zero-order valence-corrected chi connectivity index (χ0v) is 10.2. The van der Waals surface area contributed by atoms with Crippen molar-refractivity contribution in [2.24, 2.45) is 0 Å². The van der Waals surface area contributed by atoms with Crippen LogP contribution in [0.4, 0.5) is 0 Å². The van der Waals surface area contributed by atoms with Crippen molar-refractivity contribution >= 4 is 5.97 Å². The fourth-order valence-corrected chi connectivity index (χ4v) is 1.45. The predicted molar refractivity (Wildman–Crippen MR) is 65.4 cm³/mol. The molecule has 0 amide bonds. The Balaban J connectivity index is 3.19. The van der Waals surface area contributed by atoms with E-state index in [1.165, 1.54) is 0 Å². The smallest absolute Gasteiger partial charge is 0.303 e. The molecule has 0 heterocycles. The Hall–Kier alpha value is -0.830. The topological polar surface area (TPSA) is 57.5 Å². The van der Waals surface area contributed by atoms with E-state index < -0.39 is 5.97 Å². The van der Waals surface area contributed by atoms with Gasteiger partial charge >= 0.3 is 5.97 Å². The second kappa shape index (κ2) is 10.7. The summed E-state index contributed by atoms with van der Waals surface area (Å²) in [5.41, 5.74) is 0. The maximum Gasteiger partial charge on any atom is 0.303 e. The SMILES string of the molecule is CCC(O)CCCC=CCCCCC(=O)O. The molecule has 1 unspecified atom stereocenters. The molecule has 0 radical (unpaired) electrons. The minimum Gasteiger partial charge on any atom is -0.481 e. The van der Waals surface area contributed by atoms with Gasteiger partial charge in [0, 0.05) is 6.42 Å². The fraction of sp³-hybridized carbons (Fsp3) is 0.769. The van der Waals surface area contributed by atoms with Gasteiger partial charge < -0.3 is 10.2 Å². The molecule has 0 aliphatic carbocycles. The highest BCUT2D eigenvalue weighted by molar-refractivity contribution is 5.66. The van der Waals surface area contributed by atoms with Crippen molar-refractivity contribution in [3.05, 3.63) is 12.2 Å². The molecule has 0 bridgehead atoms. The van der Waals surface area contributed by atoms with Gasteiger partial charge in [0.1, 0.15) is 0 Å². The zero-order valence-electron chi connectivity index (χ0n) is 10.2. The Morgan fingerprint density at radius 3 is 2.38 bits per heavy atom. The Bertz CT molecular complexity index is 199. The van der Waals surface area contributed by atoms with Gasteiger partial charge in [0.05, 0.1) is 6.10 Å². The first-order chi connectivity index (χ1) is 7.66. The van der Waals surface area contributed by atoms with E-state index in [0.717, 1.165) is 44.9 Å². The van der Waals surface area contributed by atoms with Crippen LogP contribution >= 0.6 is 0 Å². The summed E-state index contributed by atoms with van der Waals surface area (Å²) in [6.45, 7) is 1.99. The number of hydrogen-bond donors (Lipinski definition) is 2. The molecule has 0 aromatic carbocycles. The first kappa shape index (κ1) is 15.2. The van der Waals surface area contributed by atoms with Crippen molar-refractivity contribution in [3.63, 3.8) is 0 Å². The molecule has 94 valence electrons. The molecule has 3 heteroatoms. The van der Waals surface area contributed by atoms with Crippen molar-refractivity contribution in [2.75, 3.05) is 0 Å². The molecule has 3 nitrogen and oxygen atoms in total. The third-order valence-corrected chi connectivity index (χ3v) is 2.56. The van der Waals surface area contributed by atoms with E-state index in [4.69, 9.17) is 5.11 Å². The molecule has 0 saturated heterocycles. The quantitative estimate of drug-likeness (QED) is 0.446. The van der Waals surface area contributed by atoms with Crippen LogP contribution in [0.1, 0.15) is 58.3 Å². The lowest BCUT2D eigenvalue weighted by Crippen LogP contribution is -2.02. The number of carbonyl (C=O) groups is 1. The summed E-state index contributed by atoms with van der Waals surface area (Å²) in [6, 6.07) is 0. The van der Waals surface area contributed by atoms with Crippen LogP contribution in [-0.4, -0.2) is 22.3 Å². The molecule has 0 spiro atoms. The molecule has 0 aromatic heterocycles. The summed E-state index contributed by atoms with van der Waals surface area (Å²) in [5, 5.41) is 17.7. The van der Waals surface area contributed by atoms with Crippen molar-refractivity contribution in [1.82, 2.24) is 0 Å². The molecule has 2 N–H and O–H groups in total. The van der Waals surface area contributed by atoms with Crippen LogP contribution in [0.25, 0.3) is 0 Å². The van der Waals surface area contributed by atoms with Gasteiger partial charge in [-0.15, -0.1) is 0 Å². The first-order valence-corrected chi connectivity index (χ1v) is 6.21. The highest BCUT2D eigenvalue weighted by atomic mass is 16.4. The summed E-state index contributed by atoms with van der Waals surface area (Å²) in [5.74, 6) is -0.711. The van der Waals surface area contributed by atoms with Gasteiger partial charge in [-0.05, 0) is 44.9 Å². The van der Waals surface area contributed by atoms with E-state index in [-0.39, 0.29) is 12.5 Å². The molecule has 0 aliphatic rings. The highest BCUT2D eigenvalue weighted by Crippen LogP contribution is 2.06. The van der Waals surface area contributed by atoms with Crippen LogP contribution in [0.2, 0.25) is 0 Å². The van der Waals surface area contributed by atoms with E-state index in [2.05, 4.69) is 12.2 Å². The number of unbranched alkanes of at least 4 members (excludes halogenated alkanes) is 3. The third-order valence-electron chi connectivity index (χ3n) is 2.56. The standard InChI is InChI=1S/C13H24O3/c1-2-12(14)10-8-6-4-3-5-7-9-11-13(15)16/h3-4,12,14H,2,5-11H2,1H3,(H,15,16). The summed E-state index contributed by atoms with van der Waals surface area (Å²) in [4.78, 5) is 10.2. The van der Waals surface area contributed by atoms with Gasteiger partial charge in [0.25, 0.3) is 0 Å². The number of hydrogen-bond acceptors (Lipinski definition) is 2. The fourth-order valence-electron chi connectivity index (χ4n) is 1.45. The number of carboxylic acid groups (broad SMARTS) is 1. The number of carboxylic acids is 1. The van der Waals surface area contributed by atoms with Crippen LogP contribution in [0.15, 0.2) is 12.2 Å². The van der Waals surface area contributed by atoms with Gasteiger partial charge in [-0.25, -0.2) is 0 Å². The second-order valence-corrected chi connectivity index (χ2v) is 4.10. The number of allylic oxidation sites excluding steroid dienone is 2. The van der Waals surface area contributed by atoms with E-state index in [9.17, 15) is 9.90 Å². The van der Waals surface area contributed by atoms with Gasteiger partial charge in [0.2, 0.25) is 0 Å².